The van der Waals surface area contributed by atoms with Crippen molar-refractivity contribution in [2.75, 3.05) is 13.7 Å². The van der Waals surface area contributed by atoms with Crippen molar-refractivity contribution in [2.24, 2.45) is 5.73 Å². The lowest BCUT2D eigenvalue weighted by molar-refractivity contribution is -0.123. The second-order valence-electron chi connectivity index (χ2n) is 4.90. The van der Waals surface area contributed by atoms with Crippen LogP contribution in [0.3, 0.4) is 0 Å². The van der Waals surface area contributed by atoms with Crippen LogP contribution in [0.4, 0.5) is 0 Å². The van der Waals surface area contributed by atoms with Gasteiger partial charge in [0.15, 0.2) is 18.1 Å². The molecule has 126 valence electrons. The maximum atomic E-state index is 11.9. The Morgan fingerprint density at radius 3 is 2.62 bits per heavy atom. The first-order valence-corrected chi connectivity index (χ1v) is 7.50. The lowest BCUT2D eigenvalue weighted by Crippen LogP contribution is -2.29. The summed E-state index contributed by atoms with van der Waals surface area (Å²) >= 11 is 5.89. The molecule has 2 aromatic rings. The lowest BCUT2D eigenvalue weighted by Gasteiger charge is -2.13. The summed E-state index contributed by atoms with van der Waals surface area (Å²) in [6.07, 6.45) is 0. The molecule has 0 atom stereocenters. The van der Waals surface area contributed by atoms with Gasteiger partial charge in [0.1, 0.15) is 0 Å². The first kappa shape index (κ1) is 17.6. The molecule has 0 fully saturated rings. The minimum absolute atomic E-state index is 0.144. The number of hydrogen-bond acceptors (Lipinski definition) is 4. The van der Waals surface area contributed by atoms with Gasteiger partial charge in [-0.3, -0.25) is 9.59 Å². The van der Waals surface area contributed by atoms with Crippen LogP contribution in [-0.4, -0.2) is 25.5 Å². The second-order valence-corrected chi connectivity index (χ2v) is 5.33. The molecule has 24 heavy (non-hydrogen) atoms. The van der Waals surface area contributed by atoms with Crippen LogP contribution in [0.15, 0.2) is 42.5 Å². The molecular formula is C17H17ClN2O4. The number of benzene rings is 2. The number of ether oxygens (including phenoxy) is 2. The third-order valence-corrected chi connectivity index (χ3v) is 3.43. The quantitative estimate of drug-likeness (QED) is 0.802. The third-order valence-electron chi connectivity index (χ3n) is 3.19. The maximum Gasteiger partial charge on any atom is 0.258 e. The van der Waals surface area contributed by atoms with Gasteiger partial charge in [-0.2, -0.15) is 0 Å². The third kappa shape index (κ3) is 4.63. The van der Waals surface area contributed by atoms with E-state index >= 15 is 0 Å². The number of methoxy groups -OCH3 is 1. The summed E-state index contributed by atoms with van der Waals surface area (Å²) in [6, 6.07) is 11.9. The molecule has 6 nitrogen and oxygen atoms in total. The highest BCUT2D eigenvalue weighted by Crippen LogP contribution is 2.30. The molecule has 0 heterocycles. The van der Waals surface area contributed by atoms with E-state index in [0.29, 0.717) is 17.3 Å². The number of hydrogen-bond donors (Lipinski definition) is 2. The molecule has 2 rings (SSSR count). The number of carbonyl (C=O) groups is 2. The molecule has 0 aliphatic rings. The van der Waals surface area contributed by atoms with Crippen molar-refractivity contribution in [2.45, 2.75) is 6.54 Å². The highest BCUT2D eigenvalue weighted by molar-refractivity contribution is 6.30. The Morgan fingerprint density at radius 2 is 1.96 bits per heavy atom. The molecule has 0 bridgehead atoms. The van der Waals surface area contributed by atoms with Gasteiger partial charge in [0.2, 0.25) is 0 Å². The van der Waals surface area contributed by atoms with E-state index in [0.717, 1.165) is 5.56 Å². The molecule has 0 unspecified atom stereocenters. The number of rotatable bonds is 7. The van der Waals surface area contributed by atoms with Gasteiger partial charge in [0.05, 0.1) is 12.7 Å². The first-order valence-electron chi connectivity index (χ1n) is 7.12. The summed E-state index contributed by atoms with van der Waals surface area (Å²) in [5.41, 5.74) is 6.32. The van der Waals surface area contributed by atoms with Crippen LogP contribution < -0.4 is 20.5 Å². The summed E-state index contributed by atoms with van der Waals surface area (Å²) in [5.74, 6) is -0.543. The van der Waals surface area contributed by atoms with Gasteiger partial charge in [-0.05, 0) is 29.8 Å². The number of nitrogens with one attached hydrogen (secondary N) is 1. The molecular weight excluding hydrogens is 332 g/mol. The Kier molecular flexibility index (Phi) is 6.03. The molecule has 3 N–H and O–H groups in total. The molecule has 0 saturated carbocycles. The van der Waals surface area contributed by atoms with Crippen molar-refractivity contribution in [1.82, 2.24) is 5.32 Å². The maximum absolute atomic E-state index is 11.9. The zero-order chi connectivity index (χ0) is 17.5. The van der Waals surface area contributed by atoms with Crippen molar-refractivity contribution in [3.05, 3.63) is 58.6 Å². The fraction of sp³-hybridized carbons (Fsp3) is 0.176. The van der Waals surface area contributed by atoms with E-state index in [-0.39, 0.29) is 23.8 Å². The predicted octanol–water partition coefficient (Wildman–Crippen LogP) is 2.14. The standard InChI is InChI=1S/C17H17ClN2O4/c1-23-14-7-3-6-13(17(19)22)16(14)24-10-15(21)20-9-11-4-2-5-12(18)8-11/h2-8H,9-10H2,1H3,(H2,19,22)(H,20,21). The fourth-order valence-electron chi connectivity index (χ4n) is 2.06. The van der Waals surface area contributed by atoms with Gasteiger partial charge in [-0.1, -0.05) is 29.8 Å². The van der Waals surface area contributed by atoms with Crippen molar-refractivity contribution in [3.63, 3.8) is 0 Å². The van der Waals surface area contributed by atoms with E-state index in [9.17, 15) is 9.59 Å². The average Bonchev–Trinajstić information content (AvgIpc) is 2.57. The normalized spacial score (nSPS) is 10.1. The topological polar surface area (TPSA) is 90.7 Å². The Balaban J connectivity index is 1.98. The Bertz CT molecular complexity index is 749. The molecule has 0 aliphatic heterocycles. The molecule has 2 amide bonds. The number of carbonyl (C=O) groups excluding carboxylic acids is 2. The van der Waals surface area contributed by atoms with Crippen molar-refractivity contribution >= 4 is 23.4 Å². The minimum atomic E-state index is -0.664. The zero-order valence-electron chi connectivity index (χ0n) is 13.0. The monoisotopic (exact) mass is 348 g/mol. The van der Waals surface area contributed by atoms with Gasteiger partial charge in [-0.15, -0.1) is 0 Å². The molecule has 2 aromatic carbocycles. The Hall–Kier alpha value is -2.73. The van der Waals surface area contributed by atoms with Gasteiger partial charge >= 0.3 is 0 Å². The highest BCUT2D eigenvalue weighted by Gasteiger charge is 2.16. The van der Waals surface area contributed by atoms with Crippen LogP contribution in [-0.2, 0) is 11.3 Å². The second kappa shape index (κ2) is 8.21. The van der Waals surface area contributed by atoms with E-state index in [4.69, 9.17) is 26.8 Å². The molecule has 0 spiro atoms. The number of amides is 2. The minimum Gasteiger partial charge on any atom is -0.493 e. The fourth-order valence-corrected chi connectivity index (χ4v) is 2.27. The van der Waals surface area contributed by atoms with E-state index in [1.165, 1.54) is 13.2 Å². The van der Waals surface area contributed by atoms with Crippen LogP contribution in [0.1, 0.15) is 15.9 Å². The number of halogens is 1. The summed E-state index contributed by atoms with van der Waals surface area (Å²) in [6.45, 7) is 0.0403. The van der Waals surface area contributed by atoms with Crippen molar-refractivity contribution < 1.29 is 19.1 Å². The van der Waals surface area contributed by atoms with E-state index in [1.807, 2.05) is 6.07 Å². The van der Waals surface area contributed by atoms with Gasteiger partial charge in [0, 0.05) is 11.6 Å². The Labute approximate surface area is 144 Å². The predicted molar refractivity (Wildman–Crippen MR) is 90.3 cm³/mol. The SMILES string of the molecule is COc1cccc(C(N)=O)c1OCC(=O)NCc1cccc(Cl)c1. The van der Waals surface area contributed by atoms with Crippen molar-refractivity contribution in [3.8, 4) is 11.5 Å². The van der Waals surface area contributed by atoms with Crippen molar-refractivity contribution in [1.29, 1.82) is 0 Å². The van der Waals surface area contributed by atoms with Crippen LogP contribution >= 0.6 is 11.6 Å². The summed E-state index contributed by atoms with van der Waals surface area (Å²) in [4.78, 5) is 23.4. The smallest absolute Gasteiger partial charge is 0.258 e. The lowest BCUT2D eigenvalue weighted by atomic mass is 10.2. The number of primary amides is 1. The molecule has 0 aromatic heterocycles. The van der Waals surface area contributed by atoms with Crippen LogP contribution in [0.5, 0.6) is 11.5 Å². The van der Waals surface area contributed by atoms with Gasteiger partial charge in [-0.25, -0.2) is 0 Å². The van der Waals surface area contributed by atoms with Gasteiger partial charge in [0.25, 0.3) is 11.8 Å². The van der Waals surface area contributed by atoms with E-state index in [2.05, 4.69) is 5.32 Å². The summed E-state index contributed by atoms with van der Waals surface area (Å²) in [7, 11) is 1.44. The number of para-hydroxylation sites is 1. The first-order chi connectivity index (χ1) is 11.5. The molecule has 7 heteroatoms. The Morgan fingerprint density at radius 1 is 1.21 bits per heavy atom. The van der Waals surface area contributed by atoms with E-state index in [1.54, 1.807) is 30.3 Å². The van der Waals surface area contributed by atoms with E-state index < -0.39 is 5.91 Å². The largest absolute Gasteiger partial charge is 0.493 e. The summed E-state index contributed by atoms with van der Waals surface area (Å²) in [5, 5.41) is 3.30. The molecule has 0 aliphatic carbocycles. The number of nitrogens with two attached hydrogens (primary N) is 1. The average molecular weight is 349 g/mol. The van der Waals surface area contributed by atoms with Crippen LogP contribution in [0, 0.1) is 0 Å². The van der Waals surface area contributed by atoms with Gasteiger partial charge < -0.3 is 20.5 Å². The molecule has 0 radical (unpaired) electrons. The van der Waals surface area contributed by atoms with Crippen LogP contribution in [0.25, 0.3) is 0 Å². The zero-order valence-corrected chi connectivity index (χ0v) is 13.8. The molecule has 0 saturated heterocycles. The van der Waals surface area contributed by atoms with Crippen LogP contribution in [0.2, 0.25) is 5.02 Å². The summed E-state index contributed by atoms with van der Waals surface area (Å²) < 4.78 is 10.6. The highest BCUT2D eigenvalue weighted by atomic mass is 35.5.